The van der Waals surface area contributed by atoms with Crippen molar-refractivity contribution in [3.05, 3.63) is 305 Å². The molecule has 0 bridgehead atoms. The fourth-order valence-electron chi connectivity index (χ4n) is 13.0. The second kappa shape index (κ2) is 17.2. The number of nitrogens with zero attached hydrogens (tertiary/aromatic N) is 2. The largest absolute Gasteiger partial charge is 0.310 e. The molecule has 0 N–H and O–H groups in total. The van der Waals surface area contributed by atoms with E-state index >= 15 is 0 Å². The molecule has 74 heavy (non-hydrogen) atoms. The zero-order chi connectivity index (χ0) is 50.3. The summed E-state index contributed by atoms with van der Waals surface area (Å²) in [4.78, 5) is 5.00. The van der Waals surface area contributed by atoms with Crippen LogP contribution in [0.25, 0.3) is 44.8 Å². The molecular formula is C72H58N2. The Labute approximate surface area is 436 Å². The Morgan fingerprint density at radius 3 is 1.42 bits per heavy atom. The van der Waals surface area contributed by atoms with Gasteiger partial charge >= 0.3 is 0 Å². The maximum atomic E-state index is 4.07. The van der Waals surface area contributed by atoms with Crippen LogP contribution in [-0.4, -0.2) is 0 Å². The summed E-state index contributed by atoms with van der Waals surface area (Å²) in [6.07, 6.45) is 10.9. The van der Waals surface area contributed by atoms with Crippen molar-refractivity contribution in [3.8, 4) is 11.1 Å². The van der Waals surface area contributed by atoms with E-state index in [-0.39, 0.29) is 10.8 Å². The third-order valence-electron chi connectivity index (χ3n) is 16.8. The lowest BCUT2D eigenvalue weighted by molar-refractivity contribution is 0.605. The molecular weight excluding hydrogens is 893 g/mol. The SMILES string of the molecule is C=CC=CC1=C(C)C(C)(C)c2ccccc2N1c1ccc2c(c1)C(c1ccccc1)(c1ccccc1)c1cc(C=Cc3c4ccccc4c(N4c5ccccc5C(C)(C)c5ccccc54)c4ccccc34)ccc1-2. The van der Waals surface area contributed by atoms with E-state index in [9.17, 15) is 0 Å². The van der Waals surface area contributed by atoms with Gasteiger partial charge in [-0.25, -0.2) is 0 Å². The van der Waals surface area contributed by atoms with Crippen LogP contribution in [0.3, 0.4) is 0 Å². The third-order valence-corrected chi connectivity index (χ3v) is 16.8. The first-order valence-electron chi connectivity index (χ1n) is 26.1. The molecule has 3 aliphatic rings. The normalized spacial score (nSPS) is 15.8. The van der Waals surface area contributed by atoms with Crippen molar-refractivity contribution in [2.75, 3.05) is 9.80 Å². The topological polar surface area (TPSA) is 6.48 Å². The summed E-state index contributed by atoms with van der Waals surface area (Å²) in [7, 11) is 0. The number of hydrogen-bond donors (Lipinski definition) is 0. The molecule has 0 radical (unpaired) electrons. The van der Waals surface area contributed by atoms with E-state index < -0.39 is 5.41 Å². The van der Waals surface area contributed by atoms with Crippen LogP contribution in [0.15, 0.2) is 254 Å². The van der Waals surface area contributed by atoms with Gasteiger partial charge in [0.15, 0.2) is 0 Å². The van der Waals surface area contributed by atoms with Gasteiger partial charge in [-0.2, -0.15) is 0 Å². The van der Waals surface area contributed by atoms with Crippen LogP contribution < -0.4 is 9.80 Å². The predicted octanol–water partition coefficient (Wildman–Crippen LogP) is 19.1. The minimum atomic E-state index is -0.617. The summed E-state index contributed by atoms with van der Waals surface area (Å²) >= 11 is 0. The molecule has 1 aliphatic carbocycles. The van der Waals surface area contributed by atoms with Gasteiger partial charge in [0.2, 0.25) is 0 Å². The fourth-order valence-corrected chi connectivity index (χ4v) is 13.0. The number of benzene rings is 10. The zero-order valence-corrected chi connectivity index (χ0v) is 42.8. The van der Waals surface area contributed by atoms with Crippen molar-refractivity contribution in [2.24, 2.45) is 0 Å². The van der Waals surface area contributed by atoms with Gasteiger partial charge in [0.25, 0.3) is 0 Å². The smallest absolute Gasteiger partial charge is 0.0714 e. The van der Waals surface area contributed by atoms with E-state index in [1.54, 1.807) is 0 Å². The monoisotopic (exact) mass is 950 g/mol. The number of rotatable bonds is 8. The van der Waals surface area contributed by atoms with Crippen LogP contribution in [0.2, 0.25) is 0 Å². The van der Waals surface area contributed by atoms with Gasteiger partial charge in [-0.05, 0) is 127 Å². The lowest BCUT2D eigenvalue weighted by Crippen LogP contribution is -2.33. The number of para-hydroxylation sites is 3. The molecule has 0 saturated heterocycles. The number of allylic oxidation sites excluding steroid dienone is 4. The molecule has 2 aliphatic heterocycles. The Kier molecular flexibility index (Phi) is 10.5. The van der Waals surface area contributed by atoms with E-state index in [4.69, 9.17) is 0 Å². The first kappa shape index (κ1) is 45.2. The maximum Gasteiger partial charge on any atom is 0.0714 e. The van der Waals surface area contributed by atoms with Crippen LogP contribution >= 0.6 is 0 Å². The molecule has 0 amide bonds. The molecule has 2 nitrogen and oxygen atoms in total. The first-order chi connectivity index (χ1) is 36.1. The van der Waals surface area contributed by atoms with Crippen LogP contribution in [-0.2, 0) is 16.2 Å². The molecule has 2 heterocycles. The molecule has 2 heteroatoms. The van der Waals surface area contributed by atoms with E-state index in [2.05, 4.69) is 294 Å². The Balaban J connectivity index is 1.01. The maximum absolute atomic E-state index is 4.07. The molecule has 0 fully saturated rings. The Morgan fingerprint density at radius 2 is 0.865 bits per heavy atom. The summed E-state index contributed by atoms with van der Waals surface area (Å²) in [5, 5.41) is 4.87. The van der Waals surface area contributed by atoms with Crippen LogP contribution in [0.4, 0.5) is 28.4 Å². The Hall–Kier alpha value is -8.72. The molecule has 13 rings (SSSR count). The van der Waals surface area contributed by atoms with Gasteiger partial charge in [-0.15, -0.1) is 0 Å². The molecule has 0 saturated carbocycles. The molecule has 356 valence electrons. The van der Waals surface area contributed by atoms with Gasteiger partial charge in [0.1, 0.15) is 0 Å². The Bertz CT molecular complexity index is 3850. The van der Waals surface area contributed by atoms with Gasteiger partial charge in [-0.1, -0.05) is 241 Å². The van der Waals surface area contributed by atoms with Crippen molar-refractivity contribution >= 4 is 62.1 Å². The minimum absolute atomic E-state index is 0.157. The Morgan fingerprint density at radius 1 is 0.405 bits per heavy atom. The van der Waals surface area contributed by atoms with Crippen molar-refractivity contribution in [1.29, 1.82) is 0 Å². The molecule has 10 aromatic carbocycles. The van der Waals surface area contributed by atoms with E-state index in [0.29, 0.717) is 0 Å². The van der Waals surface area contributed by atoms with Crippen LogP contribution in [0.1, 0.15) is 84.7 Å². The van der Waals surface area contributed by atoms with Crippen molar-refractivity contribution in [2.45, 2.75) is 50.9 Å². The van der Waals surface area contributed by atoms with Crippen LogP contribution in [0.5, 0.6) is 0 Å². The first-order valence-corrected chi connectivity index (χ1v) is 26.1. The highest BCUT2D eigenvalue weighted by atomic mass is 15.2. The molecule has 0 atom stereocenters. The van der Waals surface area contributed by atoms with Gasteiger partial charge in [0.05, 0.1) is 28.2 Å². The highest BCUT2D eigenvalue weighted by Crippen LogP contribution is 2.59. The average Bonchev–Trinajstić information content (AvgIpc) is 3.80. The van der Waals surface area contributed by atoms with Gasteiger partial charge in [0, 0.05) is 33.0 Å². The fraction of sp³-hybridized carbons (Fsp3) is 0.111. The van der Waals surface area contributed by atoms with Crippen molar-refractivity contribution in [1.82, 2.24) is 0 Å². The van der Waals surface area contributed by atoms with Gasteiger partial charge < -0.3 is 9.80 Å². The number of hydrogen-bond acceptors (Lipinski definition) is 2. The summed E-state index contributed by atoms with van der Waals surface area (Å²) < 4.78 is 0. The number of anilines is 5. The second-order valence-electron chi connectivity index (χ2n) is 21.3. The highest BCUT2D eigenvalue weighted by Gasteiger charge is 2.47. The average molecular weight is 951 g/mol. The highest BCUT2D eigenvalue weighted by molar-refractivity contribution is 6.19. The van der Waals surface area contributed by atoms with E-state index in [0.717, 1.165) is 11.3 Å². The number of fused-ring (bicyclic) bond motifs is 8. The van der Waals surface area contributed by atoms with E-state index in [1.165, 1.54) is 111 Å². The standard InChI is InChI=1S/C72H58N2/c1-7-8-36-65-48(2)70(3,4)60-33-19-22-37-66(60)73(65)52-42-45-57-56-44-41-49(46-63(56)72(64(57)47-52,50-25-11-9-12-26-50)51-27-13-10-14-28-51)40-43-55-53-29-15-17-31-58(53)69(59-32-18-16-30-54(55)59)74-67-38-23-20-34-61(67)71(5,6)62-35-21-24-39-68(62)74/h7-47H,1H2,2-6H3. The van der Waals surface area contributed by atoms with Crippen molar-refractivity contribution in [3.63, 3.8) is 0 Å². The quantitative estimate of drug-likeness (QED) is 0.0851. The zero-order valence-electron chi connectivity index (χ0n) is 42.8. The second-order valence-corrected chi connectivity index (χ2v) is 21.3. The summed E-state index contributed by atoms with van der Waals surface area (Å²) in [6, 6.07) is 81.5. The van der Waals surface area contributed by atoms with Crippen molar-refractivity contribution < 1.29 is 0 Å². The molecule has 0 spiro atoms. The van der Waals surface area contributed by atoms with Crippen LogP contribution in [0, 0.1) is 0 Å². The lowest BCUT2D eigenvalue weighted by atomic mass is 9.67. The summed E-state index contributed by atoms with van der Waals surface area (Å²) in [5.74, 6) is 0. The summed E-state index contributed by atoms with van der Waals surface area (Å²) in [5.41, 5.74) is 21.4. The van der Waals surface area contributed by atoms with E-state index in [1.807, 2.05) is 6.08 Å². The third kappa shape index (κ3) is 6.57. The van der Waals surface area contributed by atoms with Gasteiger partial charge in [-0.3, -0.25) is 0 Å². The lowest BCUT2D eigenvalue weighted by Gasteiger charge is -2.42. The molecule has 0 aromatic heterocycles. The molecule has 0 unspecified atom stereocenters. The molecule has 10 aromatic rings. The summed E-state index contributed by atoms with van der Waals surface area (Å²) in [6.45, 7) is 15.8. The predicted molar refractivity (Wildman–Crippen MR) is 315 cm³/mol. The minimum Gasteiger partial charge on any atom is -0.310 e.